The van der Waals surface area contributed by atoms with Crippen LogP contribution in [0.15, 0.2) is 54.7 Å². The lowest BCUT2D eigenvalue weighted by Gasteiger charge is -2.11. The Morgan fingerprint density at radius 2 is 1.79 bits per heavy atom. The van der Waals surface area contributed by atoms with Gasteiger partial charge in [-0.25, -0.2) is 0 Å². The van der Waals surface area contributed by atoms with E-state index in [9.17, 15) is 4.79 Å². The van der Waals surface area contributed by atoms with E-state index in [0.717, 1.165) is 33.6 Å². The monoisotopic (exact) mass is 459 g/mol. The molecule has 7 nitrogen and oxygen atoms in total. The Morgan fingerprint density at radius 1 is 1.09 bits per heavy atom. The molecule has 2 aromatic carbocycles. The molecule has 0 radical (unpaired) electrons. The summed E-state index contributed by atoms with van der Waals surface area (Å²) >= 11 is 0. The summed E-state index contributed by atoms with van der Waals surface area (Å²) in [4.78, 5) is 18.2. The first-order valence-corrected chi connectivity index (χ1v) is 11.6. The normalized spacial score (nSPS) is 13.4. The second kappa shape index (κ2) is 12.0. The van der Waals surface area contributed by atoms with Crippen molar-refractivity contribution >= 4 is 17.8 Å². The molecule has 0 aliphatic carbocycles. The highest BCUT2D eigenvalue weighted by Crippen LogP contribution is 2.31. The molecule has 1 amide bonds. The van der Waals surface area contributed by atoms with Crippen molar-refractivity contribution in [1.82, 2.24) is 15.2 Å². The number of nitrogens with one attached hydrogen (secondary N) is 3. The number of aromatic nitrogens is 1. The summed E-state index contributed by atoms with van der Waals surface area (Å²) in [6.07, 6.45) is 4.40. The molecular formula is C27H33N5O2. The Balaban J connectivity index is 0.000000480. The molecule has 0 bridgehead atoms. The van der Waals surface area contributed by atoms with E-state index in [1.54, 1.807) is 24.2 Å². The fraction of sp³-hybridized carbons (Fsp3) is 0.296. The van der Waals surface area contributed by atoms with Crippen molar-refractivity contribution in [3.8, 4) is 22.8 Å². The lowest BCUT2D eigenvalue weighted by Crippen LogP contribution is -2.29. The number of hydrogen-bond acceptors (Lipinski definition) is 6. The number of carbonyl (C=O) groups excluding carboxylic acids is 1. The van der Waals surface area contributed by atoms with Crippen LogP contribution >= 0.6 is 0 Å². The van der Waals surface area contributed by atoms with Crippen LogP contribution in [-0.4, -0.2) is 49.2 Å². The molecular weight excluding hydrogens is 426 g/mol. The first-order valence-electron chi connectivity index (χ1n) is 11.6. The van der Waals surface area contributed by atoms with E-state index < -0.39 is 0 Å². The van der Waals surface area contributed by atoms with Gasteiger partial charge in [-0.2, -0.15) is 0 Å². The van der Waals surface area contributed by atoms with Crippen LogP contribution in [0.25, 0.3) is 11.3 Å². The molecule has 3 aromatic rings. The van der Waals surface area contributed by atoms with Gasteiger partial charge < -0.3 is 25.7 Å². The molecule has 178 valence electrons. The van der Waals surface area contributed by atoms with Gasteiger partial charge >= 0.3 is 0 Å². The van der Waals surface area contributed by atoms with Crippen molar-refractivity contribution in [1.29, 1.82) is 5.41 Å². The van der Waals surface area contributed by atoms with Gasteiger partial charge in [-0.15, -0.1) is 0 Å². The van der Waals surface area contributed by atoms with Crippen LogP contribution in [0.5, 0.6) is 11.5 Å². The van der Waals surface area contributed by atoms with Crippen molar-refractivity contribution in [2.45, 2.75) is 26.8 Å². The average molecular weight is 460 g/mol. The minimum absolute atomic E-state index is 0.0558. The van der Waals surface area contributed by atoms with Crippen LogP contribution in [0.4, 0.5) is 5.69 Å². The zero-order chi connectivity index (χ0) is 24.5. The fourth-order valence-corrected chi connectivity index (χ4v) is 3.51. The Morgan fingerprint density at radius 3 is 2.44 bits per heavy atom. The Hall–Kier alpha value is -3.71. The van der Waals surface area contributed by atoms with Gasteiger partial charge in [0.25, 0.3) is 5.91 Å². The summed E-state index contributed by atoms with van der Waals surface area (Å²) in [6.45, 7) is 7.12. The maximum absolute atomic E-state index is 12.1. The minimum Gasteiger partial charge on any atom is -0.457 e. The van der Waals surface area contributed by atoms with E-state index in [4.69, 9.17) is 10.1 Å². The maximum Gasteiger partial charge on any atom is 0.254 e. The molecule has 5 rings (SSSR count). The quantitative estimate of drug-likeness (QED) is 0.458. The van der Waals surface area contributed by atoms with E-state index in [2.05, 4.69) is 15.6 Å². The maximum atomic E-state index is 12.1. The highest BCUT2D eigenvalue weighted by molar-refractivity contribution is 5.98. The van der Waals surface area contributed by atoms with Gasteiger partial charge in [-0.1, -0.05) is 19.9 Å². The number of fused-ring (bicyclic) bond motifs is 1. The third-order valence-corrected chi connectivity index (χ3v) is 5.51. The molecule has 34 heavy (non-hydrogen) atoms. The van der Waals surface area contributed by atoms with Crippen LogP contribution in [0.3, 0.4) is 0 Å². The molecule has 0 saturated carbocycles. The van der Waals surface area contributed by atoms with Crippen molar-refractivity contribution in [3.05, 3.63) is 71.4 Å². The summed E-state index contributed by atoms with van der Waals surface area (Å²) in [6, 6.07) is 15.0. The fourth-order valence-electron chi connectivity index (χ4n) is 3.51. The summed E-state index contributed by atoms with van der Waals surface area (Å²) in [5, 5.41) is 13.6. The zero-order valence-corrected chi connectivity index (χ0v) is 20.3. The molecule has 1 aromatic heterocycles. The molecule has 0 spiro atoms. The highest BCUT2D eigenvalue weighted by Gasteiger charge is 2.24. The second-order valence-corrected chi connectivity index (χ2v) is 7.76. The van der Waals surface area contributed by atoms with E-state index in [0.29, 0.717) is 18.0 Å². The number of carbonyl (C=O) groups is 1. The third-order valence-electron chi connectivity index (χ3n) is 5.51. The molecule has 1 saturated heterocycles. The van der Waals surface area contributed by atoms with Gasteiger partial charge in [0.15, 0.2) is 0 Å². The van der Waals surface area contributed by atoms with Crippen molar-refractivity contribution < 1.29 is 9.53 Å². The Bertz CT molecular complexity index is 1140. The van der Waals surface area contributed by atoms with Crippen molar-refractivity contribution in [3.63, 3.8) is 0 Å². The number of benzene rings is 2. The number of anilines is 1. The Labute approximate surface area is 201 Å². The molecule has 3 heterocycles. The van der Waals surface area contributed by atoms with Crippen LogP contribution in [0.2, 0.25) is 0 Å². The minimum atomic E-state index is 0.0558. The number of pyridine rings is 1. The van der Waals surface area contributed by atoms with Gasteiger partial charge in [0, 0.05) is 67.6 Å². The molecule has 0 unspecified atom stereocenters. The Kier molecular flexibility index (Phi) is 8.76. The van der Waals surface area contributed by atoms with Crippen LogP contribution < -0.4 is 15.4 Å². The van der Waals surface area contributed by atoms with Crippen molar-refractivity contribution in [2.75, 3.05) is 32.5 Å². The second-order valence-electron chi connectivity index (χ2n) is 7.76. The van der Waals surface area contributed by atoms with Crippen LogP contribution in [0.1, 0.15) is 41.8 Å². The predicted octanol–water partition coefficient (Wildman–Crippen LogP) is 5.17. The largest absolute Gasteiger partial charge is 0.457 e. The topological polar surface area (TPSA) is 90.3 Å². The number of amides is 1. The van der Waals surface area contributed by atoms with Gasteiger partial charge in [-0.3, -0.25) is 9.78 Å². The molecule has 3 N–H and O–H groups in total. The predicted molar refractivity (Wildman–Crippen MR) is 138 cm³/mol. The van der Waals surface area contributed by atoms with Crippen LogP contribution in [-0.2, 0) is 6.54 Å². The van der Waals surface area contributed by atoms with E-state index >= 15 is 0 Å². The molecule has 1 fully saturated rings. The molecule has 0 atom stereocenters. The van der Waals surface area contributed by atoms with Gasteiger partial charge in [-0.05, 0) is 55.4 Å². The van der Waals surface area contributed by atoms with Gasteiger partial charge in [0.1, 0.15) is 11.5 Å². The summed E-state index contributed by atoms with van der Waals surface area (Å²) < 4.78 is 5.99. The van der Waals surface area contributed by atoms with E-state index in [-0.39, 0.29) is 5.91 Å². The average Bonchev–Trinajstić information content (AvgIpc) is 3.12. The standard InChI is InChI=1S/C22H20N4O2.C3H7N.C2H6/c1-24-20-10-17(5-3-15(20)12-23)28-18-7-8-25-21(11-18)14-4-6-19-16(9-14)13-26(2)22(19)27;1-2-4-3-1;1-2/h3-12,23-24H,13H2,1-2H3;4H,1-3H2;1-2H3. The summed E-state index contributed by atoms with van der Waals surface area (Å²) in [5.41, 5.74) is 5.12. The molecule has 7 heteroatoms. The SMILES string of the molecule is C1CNC1.CC.CNc1cc(Oc2ccnc(-c3ccc4c(c3)CN(C)C4=O)c2)ccc1C=N. The molecule has 2 aliphatic heterocycles. The third kappa shape index (κ3) is 5.80. The van der Waals surface area contributed by atoms with Crippen molar-refractivity contribution in [2.24, 2.45) is 0 Å². The highest BCUT2D eigenvalue weighted by atomic mass is 16.5. The summed E-state index contributed by atoms with van der Waals surface area (Å²) in [7, 11) is 3.62. The number of rotatable bonds is 5. The summed E-state index contributed by atoms with van der Waals surface area (Å²) in [5.74, 6) is 1.40. The number of ether oxygens (including phenoxy) is 1. The number of hydrogen-bond donors (Lipinski definition) is 3. The first kappa shape index (κ1) is 24.9. The van der Waals surface area contributed by atoms with Gasteiger partial charge in [0.05, 0.1) is 5.69 Å². The number of nitrogens with zero attached hydrogens (tertiary/aromatic N) is 2. The van der Waals surface area contributed by atoms with E-state index in [1.165, 1.54) is 25.7 Å². The first-order chi connectivity index (χ1) is 16.6. The van der Waals surface area contributed by atoms with Gasteiger partial charge in [0.2, 0.25) is 0 Å². The zero-order valence-electron chi connectivity index (χ0n) is 20.3. The smallest absolute Gasteiger partial charge is 0.254 e. The lowest BCUT2D eigenvalue weighted by molar-refractivity contribution is 0.0816. The van der Waals surface area contributed by atoms with Crippen LogP contribution in [0, 0.1) is 5.41 Å². The van der Waals surface area contributed by atoms with E-state index in [1.807, 2.05) is 63.4 Å². The lowest BCUT2D eigenvalue weighted by atomic mass is 10.0. The molecule has 2 aliphatic rings.